The van der Waals surface area contributed by atoms with Gasteiger partial charge in [-0.3, -0.25) is 9.59 Å². The molecule has 3 rings (SSSR count). The van der Waals surface area contributed by atoms with E-state index in [2.05, 4.69) is 5.32 Å². The maximum absolute atomic E-state index is 12.3. The Kier molecular flexibility index (Phi) is 4.11. The average molecular weight is 316 g/mol. The molecule has 1 aromatic carbocycles. The van der Waals surface area contributed by atoms with Crippen molar-refractivity contribution in [3.05, 3.63) is 46.2 Å². The number of thiophene rings is 1. The lowest BCUT2D eigenvalue weighted by Gasteiger charge is -2.27. The van der Waals surface area contributed by atoms with E-state index in [4.69, 9.17) is 4.74 Å². The molecule has 0 saturated carbocycles. The normalized spacial score (nSPS) is 13.5. The molecule has 1 aliphatic rings. The zero-order chi connectivity index (χ0) is 15.5. The predicted octanol–water partition coefficient (Wildman–Crippen LogP) is 2.08. The van der Waals surface area contributed by atoms with Crippen LogP contribution in [-0.2, 0) is 11.2 Å². The van der Waals surface area contributed by atoms with Gasteiger partial charge in [0.15, 0.2) is 12.4 Å². The van der Waals surface area contributed by atoms with Gasteiger partial charge in [-0.25, -0.2) is 0 Å². The summed E-state index contributed by atoms with van der Waals surface area (Å²) in [6, 6.07) is 9.28. The maximum atomic E-state index is 12.3. The van der Waals surface area contributed by atoms with Gasteiger partial charge < -0.3 is 15.0 Å². The van der Waals surface area contributed by atoms with Crippen molar-refractivity contribution in [3.8, 4) is 5.75 Å². The summed E-state index contributed by atoms with van der Waals surface area (Å²) in [6.45, 7) is 0.529. The fraction of sp³-hybridized carbons (Fsp3) is 0.250. The highest BCUT2D eigenvalue weighted by molar-refractivity contribution is 7.09. The zero-order valence-corrected chi connectivity index (χ0v) is 13.0. The minimum absolute atomic E-state index is 0.0387. The van der Waals surface area contributed by atoms with E-state index in [1.54, 1.807) is 36.6 Å². The number of carbonyl (C=O) groups excluding carboxylic acids is 2. The van der Waals surface area contributed by atoms with E-state index in [9.17, 15) is 9.59 Å². The van der Waals surface area contributed by atoms with Gasteiger partial charge >= 0.3 is 0 Å². The minimum Gasteiger partial charge on any atom is -0.481 e. The van der Waals surface area contributed by atoms with Crippen LogP contribution in [-0.4, -0.2) is 32.0 Å². The Labute approximate surface area is 132 Å². The Morgan fingerprint density at radius 3 is 3.00 bits per heavy atom. The second kappa shape index (κ2) is 6.19. The zero-order valence-electron chi connectivity index (χ0n) is 12.2. The number of nitrogens with zero attached hydrogens (tertiary/aromatic N) is 1. The molecular formula is C16H16N2O3S. The van der Waals surface area contributed by atoms with Crippen molar-refractivity contribution in [2.45, 2.75) is 6.42 Å². The number of fused-ring (bicyclic) bond motifs is 1. The first-order valence-electron chi connectivity index (χ1n) is 7.00. The fourth-order valence-electron chi connectivity index (χ4n) is 2.33. The molecule has 0 fully saturated rings. The van der Waals surface area contributed by atoms with Crippen molar-refractivity contribution < 1.29 is 14.3 Å². The highest BCUT2D eigenvalue weighted by Gasteiger charge is 2.26. The second-order valence-electron chi connectivity index (χ2n) is 4.98. The van der Waals surface area contributed by atoms with E-state index < -0.39 is 0 Å². The van der Waals surface area contributed by atoms with Crippen LogP contribution >= 0.6 is 11.3 Å². The molecule has 2 heterocycles. The molecule has 114 valence electrons. The van der Waals surface area contributed by atoms with Crippen LogP contribution in [0.15, 0.2) is 35.7 Å². The molecule has 2 aromatic rings. The van der Waals surface area contributed by atoms with Gasteiger partial charge in [-0.15, -0.1) is 11.3 Å². The van der Waals surface area contributed by atoms with Crippen molar-refractivity contribution in [1.82, 2.24) is 5.32 Å². The number of carbonyl (C=O) groups is 2. The highest BCUT2D eigenvalue weighted by Crippen LogP contribution is 2.34. The minimum atomic E-state index is -0.184. The Balaban J connectivity index is 1.72. The van der Waals surface area contributed by atoms with Crippen LogP contribution in [0.1, 0.15) is 15.2 Å². The van der Waals surface area contributed by atoms with Crippen LogP contribution in [0.4, 0.5) is 5.69 Å². The van der Waals surface area contributed by atoms with Gasteiger partial charge in [0.2, 0.25) is 0 Å². The number of anilines is 1. The van der Waals surface area contributed by atoms with Gasteiger partial charge in [-0.05, 0) is 30.0 Å². The molecule has 0 bridgehead atoms. The third kappa shape index (κ3) is 2.82. The Bertz CT molecular complexity index is 697. The molecule has 0 unspecified atom stereocenters. The monoisotopic (exact) mass is 316 g/mol. The summed E-state index contributed by atoms with van der Waals surface area (Å²) in [6.07, 6.45) is 0.803. The lowest BCUT2D eigenvalue weighted by molar-refractivity contribution is -0.121. The molecular weight excluding hydrogens is 300 g/mol. The summed E-state index contributed by atoms with van der Waals surface area (Å²) < 4.78 is 5.46. The van der Waals surface area contributed by atoms with Crippen molar-refractivity contribution in [2.24, 2.45) is 0 Å². The number of amides is 2. The number of hydrogen-bond donors (Lipinski definition) is 1. The molecule has 5 nitrogen and oxygen atoms in total. The van der Waals surface area contributed by atoms with Gasteiger partial charge in [0.05, 0.1) is 11.3 Å². The van der Waals surface area contributed by atoms with Crippen LogP contribution < -0.4 is 15.0 Å². The first kappa shape index (κ1) is 14.6. The third-order valence-corrected chi connectivity index (χ3v) is 4.49. The molecule has 22 heavy (non-hydrogen) atoms. The molecule has 1 N–H and O–H groups in total. The molecule has 0 aliphatic carbocycles. The Hall–Kier alpha value is -2.34. The smallest absolute Gasteiger partial charge is 0.264 e. The quantitative estimate of drug-likeness (QED) is 0.939. The first-order chi connectivity index (χ1) is 10.7. The summed E-state index contributed by atoms with van der Waals surface area (Å²) >= 11 is 1.67. The summed E-state index contributed by atoms with van der Waals surface area (Å²) in [5, 5.41) is 4.92. The molecule has 0 atom stereocenters. The van der Waals surface area contributed by atoms with E-state index in [0.29, 0.717) is 23.5 Å². The summed E-state index contributed by atoms with van der Waals surface area (Å²) in [7, 11) is 1.68. The number of ether oxygens (including phenoxy) is 1. The van der Waals surface area contributed by atoms with E-state index in [-0.39, 0.29) is 18.4 Å². The number of rotatable bonds is 4. The largest absolute Gasteiger partial charge is 0.481 e. The van der Waals surface area contributed by atoms with Gasteiger partial charge in [-0.2, -0.15) is 0 Å². The Morgan fingerprint density at radius 2 is 2.23 bits per heavy atom. The molecule has 2 amide bonds. The van der Waals surface area contributed by atoms with Crippen LogP contribution in [0.5, 0.6) is 5.75 Å². The maximum Gasteiger partial charge on any atom is 0.264 e. The van der Waals surface area contributed by atoms with Crippen LogP contribution in [0.2, 0.25) is 0 Å². The molecule has 1 aromatic heterocycles. The molecule has 0 radical (unpaired) electrons. The lowest BCUT2D eigenvalue weighted by Crippen LogP contribution is -2.36. The highest BCUT2D eigenvalue weighted by atomic mass is 32.1. The second-order valence-corrected chi connectivity index (χ2v) is 6.01. The average Bonchev–Trinajstić information content (AvgIpc) is 3.04. The van der Waals surface area contributed by atoms with Crippen LogP contribution in [0.3, 0.4) is 0 Å². The van der Waals surface area contributed by atoms with Crippen LogP contribution in [0.25, 0.3) is 0 Å². The molecule has 0 saturated heterocycles. The van der Waals surface area contributed by atoms with E-state index in [0.717, 1.165) is 6.42 Å². The van der Waals surface area contributed by atoms with Gasteiger partial charge in [0, 0.05) is 18.5 Å². The van der Waals surface area contributed by atoms with E-state index in [1.165, 1.54) is 9.78 Å². The summed E-state index contributed by atoms with van der Waals surface area (Å²) in [5.41, 5.74) is 1.09. The lowest BCUT2D eigenvalue weighted by atomic mass is 10.1. The number of likely N-dealkylation sites (N-methyl/N-ethyl adjacent to an activating group) is 1. The SMILES string of the molecule is CN1C(=O)COc2c(C(=O)NCCc3cccs3)cccc21. The van der Waals surface area contributed by atoms with Gasteiger partial charge in [0.1, 0.15) is 0 Å². The molecule has 6 heteroatoms. The standard InChI is InChI=1S/C16H16N2O3S/c1-18-13-6-2-5-12(15(13)21-10-14(18)19)16(20)17-8-7-11-4-3-9-22-11/h2-6,9H,7-8,10H2,1H3,(H,17,20). The number of nitrogens with one attached hydrogen (secondary N) is 1. The predicted molar refractivity (Wildman–Crippen MR) is 85.7 cm³/mol. The molecule has 1 aliphatic heterocycles. The third-order valence-electron chi connectivity index (χ3n) is 3.55. The number of benzene rings is 1. The van der Waals surface area contributed by atoms with Crippen molar-refractivity contribution >= 4 is 28.8 Å². The van der Waals surface area contributed by atoms with E-state index in [1.807, 2.05) is 17.5 Å². The fourth-order valence-corrected chi connectivity index (χ4v) is 3.04. The van der Waals surface area contributed by atoms with Gasteiger partial charge in [-0.1, -0.05) is 12.1 Å². The van der Waals surface area contributed by atoms with Crippen molar-refractivity contribution in [3.63, 3.8) is 0 Å². The molecule has 0 spiro atoms. The van der Waals surface area contributed by atoms with Crippen molar-refractivity contribution in [2.75, 3.05) is 25.1 Å². The van der Waals surface area contributed by atoms with E-state index >= 15 is 0 Å². The number of para-hydroxylation sites is 1. The summed E-state index contributed by atoms with van der Waals surface area (Å²) in [5.74, 6) is 0.164. The van der Waals surface area contributed by atoms with Crippen LogP contribution in [0, 0.1) is 0 Å². The first-order valence-corrected chi connectivity index (χ1v) is 7.87. The summed E-state index contributed by atoms with van der Waals surface area (Å²) in [4.78, 5) is 26.7. The topological polar surface area (TPSA) is 58.6 Å². The Morgan fingerprint density at radius 1 is 1.36 bits per heavy atom. The van der Waals surface area contributed by atoms with Crippen molar-refractivity contribution in [1.29, 1.82) is 0 Å². The number of hydrogen-bond acceptors (Lipinski definition) is 4. The van der Waals surface area contributed by atoms with Gasteiger partial charge in [0.25, 0.3) is 11.8 Å².